The molecule has 0 aliphatic carbocycles. The van der Waals surface area contributed by atoms with E-state index in [1.165, 1.54) is 48.5 Å². The van der Waals surface area contributed by atoms with Crippen molar-refractivity contribution in [3.8, 4) is 11.5 Å². The second kappa shape index (κ2) is 16.8. The lowest BCUT2D eigenvalue weighted by molar-refractivity contribution is -0.385. The van der Waals surface area contributed by atoms with Crippen molar-refractivity contribution >= 4 is 29.4 Å². The van der Waals surface area contributed by atoms with Crippen LogP contribution in [0.4, 0.5) is 26.7 Å². The average Bonchev–Trinajstić information content (AvgIpc) is 2.98. The van der Waals surface area contributed by atoms with Crippen molar-refractivity contribution in [3.63, 3.8) is 0 Å². The predicted molar refractivity (Wildman–Crippen MR) is 148 cm³/mol. The Morgan fingerprint density at radius 1 is 0.721 bits per heavy atom. The number of benzene rings is 3. The zero-order valence-corrected chi connectivity index (χ0v) is 22.6. The number of nitrogen functional groups attached to an aromatic ring is 1. The van der Waals surface area contributed by atoms with E-state index in [0.717, 1.165) is 5.56 Å². The average molecular weight is 601 g/mol. The summed E-state index contributed by atoms with van der Waals surface area (Å²) in [5.41, 5.74) is 6.95. The molecule has 0 saturated heterocycles. The first-order chi connectivity index (χ1) is 20.7. The summed E-state index contributed by atoms with van der Waals surface area (Å²) in [6.07, 6.45) is -2.68. The summed E-state index contributed by atoms with van der Waals surface area (Å²) in [6, 6.07) is 17.0. The monoisotopic (exact) mass is 600 g/mol. The van der Waals surface area contributed by atoms with E-state index in [-0.39, 0.29) is 55.9 Å². The number of nitrogens with two attached hydrogens (primary N) is 1. The van der Waals surface area contributed by atoms with Gasteiger partial charge in [-0.1, -0.05) is 12.1 Å². The van der Waals surface area contributed by atoms with Gasteiger partial charge in [-0.05, 0) is 42.0 Å². The van der Waals surface area contributed by atoms with E-state index in [0.29, 0.717) is 12.2 Å². The lowest BCUT2D eigenvalue weighted by atomic mass is 10.2. The standard InChI is InChI=1S/C27H28N4O12/c28-20-3-1-19(2-4-20)17-29-25(39-15-16-41-27(33)43-24-11-7-22(8-12-24)31(36)37)18-38-13-14-40-26(32)42-23-9-5-21(6-10-23)30(34)35/h1-12,25,29H,13-18,28H2. The van der Waals surface area contributed by atoms with Crippen LogP contribution in [0.15, 0.2) is 72.8 Å². The van der Waals surface area contributed by atoms with Gasteiger partial charge in [-0.25, -0.2) is 9.59 Å². The number of hydrogen-bond donors (Lipinski definition) is 2. The third-order valence-corrected chi connectivity index (χ3v) is 5.35. The van der Waals surface area contributed by atoms with Crippen molar-refractivity contribution < 1.29 is 47.9 Å². The van der Waals surface area contributed by atoms with Crippen LogP contribution in [0.1, 0.15) is 5.56 Å². The van der Waals surface area contributed by atoms with Gasteiger partial charge in [0.15, 0.2) is 0 Å². The van der Waals surface area contributed by atoms with Crippen molar-refractivity contribution in [2.45, 2.75) is 12.8 Å². The van der Waals surface area contributed by atoms with Crippen LogP contribution in [0.3, 0.4) is 0 Å². The highest BCUT2D eigenvalue weighted by molar-refractivity contribution is 5.64. The molecule has 43 heavy (non-hydrogen) atoms. The molecule has 1 atom stereocenters. The van der Waals surface area contributed by atoms with Gasteiger partial charge in [-0.2, -0.15) is 0 Å². The molecule has 0 aromatic heterocycles. The summed E-state index contributed by atoms with van der Waals surface area (Å²) in [4.78, 5) is 44.0. The smallest absolute Gasteiger partial charge is 0.432 e. The molecule has 16 nitrogen and oxygen atoms in total. The Bertz CT molecular complexity index is 1350. The molecule has 0 spiro atoms. The van der Waals surface area contributed by atoms with Crippen LogP contribution >= 0.6 is 0 Å². The number of nitrogens with zero attached hydrogens (tertiary/aromatic N) is 2. The molecular weight excluding hydrogens is 572 g/mol. The number of nitro benzene ring substituents is 2. The summed E-state index contributed by atoms with van der Waals surface area (Å²) < 4.78 is 31.1. The lowest BCUT2D eigenvalue weighted by Crippen LogP contribution is -2.37. The number of nitro groups is 2. The molecule has 228 valence electrons. The van der Waals surface area contributed by atoms with Crippen LogP contribution in [0.2, 0.25) is 0 Å². The Balaban J connectivity index is 1.38. The Morgan fingerprint density at radius 3 is 1.70 bits per heavy atom. The second-order valence-electron chi connectivity index (χ2n) is 8.46. The van der Waals surface area contributed by atoms with Crippen LogP contribution in [0, 0.1) is 20.2 Å². The minimum atomic E-state index is -1.02. The van der Waals surface area contributed by atoms with E-state index >= 15 is 0 Å². The molecule has 0 bridgehead atoms. The first-order valence-electron chi connectivity index (χ1n) is 12.6. The molecule has 3 N–H and O–H groups in total. The number of non-ortho nitro benzene ring substituents is 2. The Labute approximate surface area is 244 Å². The summed E-state index contributed by atoms with van der Waals surface area (Å²) in [7, 11) is 0. The molecule has 0 saturated carbocycles. The van der Waals surface area contributed by atoms with Gasteiger partial charge in [-0.15, -0.1) is 0 Å². The number of rotatable bonds is 16. The molecule has 0 heterocycles. The molecule has 1 unspecified atom stereocenters. The number of hydrogen-bond acceptors (Lipinski definition) is 14. The second-order valence-corrected chi connectivity index (χ2v) is 8.46. The number of anilines is 1. The van der Waals surface area contributed by atoms with Gasteiger partial charge in [0.05, 0.1) is 29.7 Å². The molecule has 3 aromatic carbocycles. The normalized spacial score (nSPS) is 11.3. The molecule has 0 aliphatic rings. The summed E-state index contributed by atoms with van der Waals surface area (Å²) in [5, 5.41) is 24.6. The fourth-order valence-electron chi connectivity index (χ4n) is 3.25. The Morgan fingerprint density at radius 2 is 1.21 bits per heavy atom. The molecule has 16 heteroatoms. The van der Waals surface area contributed by atoms with Crippen molar-refractivity contribution in [2.75, 3.05) is 38.8 Å². The lowest BCUT2D eigenvalue weighted by Gasteiger charge is -2.20. The molecule has 0 radical (unpaired) electrons. The molecule has 3 rings (SSSR count). The summed E-state index contributed by atoms with van der Waals surface area (Å²) >= 11 is 0. The molecule has 0 aliphatic heterocycles. The fraction of sp³-hybridized carbons (Fsp3) is 0.259. The SMILES string of the molecule is Nc1ccc(CNC(COCCOC(=O)Oc2ccc([N+](=O)[O-])cc2)OCCOC(=O)Oc2ccc([N+](=O)[O-])cc2)cc1. The van der Waals surface area contributed by atoms with Gasteiger partial charge in [0.1, 0.15) is 30.9 Å². The minimum absolute atomic E-state index is 0.00314. The highest BCUT2D eigenvalue weighted by Gasteiger charge is 2.13. The van der Waals surface area contributed by atoms with Crippen molar-refractivity contribution in [1.29, 1.82) is 0 Å². The Hall–Kier alpha value is -5.32. The Kier molecular flexibility index (Phi) is 12.6. The zero-order chi connectivity index (χ0) is 31.0. The van der Waals surface area contributed by atoms with Crippen LogP contribution in [-0.4, -0.2) is 61.4 Å². The number of carbonyl (C=O) groups excluding carboxylic acids is 2. The minimum Gasteiger partial charge on any atom is -0.432 e. The van der Waals surface area contributed by atoms with Crippen molar-refractivity contribution in [2.24, 2.45) is 0 Å². The van der Waals surface area contributed by atoms with E-state index in [1.54, 1.807) is 12.1 Å². The van der Waals surface area contributed by atoms with Crippen LogP contribution in [0.5, 0.6) is 11.5 Å². The topological polar surface area (TPSA) is 214 Å². The molecule has 0 amide bonds. The van der Waals surface area contributed by atoms with E-state index in [9.17, 15) is 29.8 Å². The predicted octanol–water partition coefficient (Wildman–Crippen LogP) is 3.97. The zero-order valence-electron chi connectivity index (χ0n) is 22.6. The maximum atomic E-state index is 11.9. The first kappa shape index (κ1) is 32.2. The van der Waals surface area contributed by atoms with Gasteiger partial charge in [0.2, 0.25) is 0 Å². The molecular formula is C27H28N4O12. The van der Waals surface area contributed by atoms with E-state index in [1.807, 2.05) is 12.1 Å². The van der Waals surface area contributed by atoms with E-state index < -0.39 is 28.4 Å². The maximum absolute atomic E-state index is 11.9. The van der Waals surface area contributed by atoms with E-state index in [4.69, 9.17) is 34.2 Å². The van der Waals surface area contributed by atoms with Gasteiger partial charge >= 0.3 is 12.3 Å². The fourth-order valence-corrected chi connectivity index (χ4v) is 3.25. The van der Waals surface area contributed by atoms with Gasteiger partial charge < -0.3 is 34.2 Å². The first-order valence-corrected chi connectivity index (χ1v) is 12.6. The summed E-state index contributed by atoms with van der Waals surface area (Å²) in [6.45, 7) is 0.0863. The third kappa shape index (κ3) is 12.0. The molecule has 3 aromatic rings. The van der Waals surface area contributed by atoms with Crippen LogP contribution in [-0.2, 0) is 25.5 Å². The number of ether oxygens (including phenoxy) is 6. The third-order valence-electron chi connectivity index (χ3n) is 5.35. The maximum Gasteiger partial charge on any atom is 0.513 e. The highest BCUT2D eigenvalue weighted by Crippen LogP contribution is 2.18. The molecule has 0 fully saturated rings. The van der Waals surface area contributed by atoms with Gasteiger partial charge in [-0.3, -0.25) is 25.5 Å². The number of nitrogens with one attached hydrogen (secondary N) is 1. The van der Waals surface area contributed by atoms with Gasteiger partial charge in [0, 0.05) is 36.5 Å². The van der Waals surface area contributed by atoms with E-state index in [2.05, 4.69) is 5.32 Å². The highest BCUT2D eigenvalue weighted by atomic mass is 16.7. The van der Waals surface area contributed by atoms with Crippen LogP contribution in [0.25, 0.3) is 0 Å². The largest absolute Gasteiger partial charge is 0.513 e. The van der Waals surface area contributed by atoms with Gasteiger partial charge in [0.25, 0.3) is 11.4 Å². The van der Waals surface area contributed by atoms with Crippen molar-refractivity contribution in [1.82, 2.24) is 5.32 Å². The van der Waals surface area contributed by atoms with Crippen molar-refractivity contribution in [3.05, 3.63) is 98.6 Å². The summed E-state index contributed by atoms with van der Waals surface area (Å²) in [5.74, 6) is 0.155. The number of carbonyl (C=O) groups is 2. The van der Waals surface area contributed by atoms with Crippen LogP contribution < -0.4 is 20.5 Å². The quantitative estimate of drug-likeness (QED) is 0.0453.